The maximum atomic E-state index is 12.5. The minimum absolute atomic E-state index is 0.0320. The molecule has 0 spiro atoms. The van der Waals surface area contributed by atoms with Crippen LogP contribution in [0.25, 0.3) is 0 Å². The lowest BCUT2D eigenvalue weighted by Crippen LogP contribution is -2.46. The van der Waals surface area contributed by atoms with E-state index in [2.05, 4.69) is 5.32 Å². The molecule has 2 N–H and O–H groups in total. The zero-order chi connectivity index (χ0) is 20.8. The number of halogens is 1. The Morgan fingerprint density at radius 1 is 1.24 bits per heavy atom. The van der Waals surface area contributed by atoms with Crippen molar-refractivity contribution in [3.05, 3.63) is 59.1 Å². The number of nitrogens with zero attached hydrogens (tertiary/aromatic N) is 1. The molecular formula is C22H25ClN2O4. The Labute approximate surface area is 175 Å². The summed E-state index contributed by atoms with van der Waals surface area (Å²) in [6.45, 7) is 2.31. The standard InChI is InChI=1S/C22H25ClN2O4/c1-15-22(28)25(19-4-2-3-5-20(19)29-15)11-10-21(27)24-13-17(14-26)12-16-6-8-18(23)9-7-16/h2-9,15,17,26H,10-14H2,1H3,(H,24,27)/t15-,17+/m0/s1. The number of amides is 2. The second-order valence-electron chi connectivity index (χ2n) is 7.15. The number of hydrogen-bond acceptors (Lipinski definition) is 4. The minimum atomic E-state index is -0.578. The van der Waals surface area contributed by atoms with Gasteiger partial charge >= 0.3 is 0 Å². The number of rotatable bonds is 8. The fourth-order valence-electron chi connectivity index (χ4n) is 3.30. The topological polar surface area (TPSA) is 78.9 Å². The second-order valence-corrected chi connectivity index (χ2v) is 7.59. The quantitative estimate of drug-likeness (QED) is 0.693. The lowest BCUT2D eigenvalue weighted by Gasteiger charge is -2.32. The molecule has 0 aromatic heterocycles. The third kappa shape index (κ3) is 5.49. The molecule has 0 saturated carbocycles. The van der Waals surface area contributed by atoms with Gasteiger partial charge in [0.15, 0.2) is 6.10 Å². The molecule has 2 aromatic rings. The Kier molecular flexibility index (Phi) is 7.12. The van der Waals surface area contributed by atoms with Crippen molar-refractivity contribution in [3.8, 4) is 5.75 Å². The number of aliphatic hydroxyl groups excluding tert-OH is 1. The summed E-state index contributed by atoms with van der Waals surface area (Å²) in [7, 11) is 0. The van der Waals surface area contributed by atoms with Crippen LogP contribution in [0.15, 0.2) is 48.5 Å². The molecule has 1 aliphatic rings. The number of benzene rings is 2. The van der Waals surface area contributed by atoms with Gasteiger partial charge in [-0.15, -0.1) is 0 Å². The lowest BCUT2D eigenvalue weighted by molar-refractivity contribution is -0.125. The maximum Gasteiger partial charge on any atom is 0.267 e. The molecule has 3 rings (SSSR count). The Balaban J connectivity index is 1.51. The van der Waals surface area contributed by atoms with Gasteiger partial charge in [-0.25, -0.2) is 0 Å². The molecule has 154 valence electrons. The average Bonchev–Trinajstić information content (AvgIpc) is 2.73. The summed E-state index contributed by atoms with van der Waals surface area (Å²) in [5.74, 6) is 0.227. The largest absolute Gasteiger partial charge is 0.479 e. The van der Waals surface area contributed by atoms with Gasteiger partial charge in [0.1, 0.15) is 5.75 Å². The van der Waals surface area contributed by atoms with Crippen LogP contribution in [-0.2, 0) is 16.0 Å². The third-order valence-electron chi connectivity index (χ3n) is 4.92. The predicted octanol–water partition coefficient (Wildman–Crippen LogP) is 2.81. The number of anilines is 1. The molecule has 2 amide bonds. The summed E-state index contributed by atoms with van der Waals surface area (Å²) in [5.41, 5.74) is 1.73. The summed E-state index contributed by atoms with van der Waals surface area (Å²) in [4.78, 5) is 26.4. The van der Waals surface area contributed by atoms with E-state index in [0.29, 0.717) is 29.4 Å². The van der Waals surface area contributed by atoms with Crippen LogP contribution in [0.4, 0.5) is 5.69 Å². The average molecular weight is 417 g/mol. The van der Waals surface area contributed by atoms with Crippen molar-refractivity contribution >= 4 is 29.1 Å². The van der Waals surface area contributed by atoms with Gasteiger partial charge in [0, 0.05) is 37.1 Å². The number of hydrogen-bond donors (Lipinski definition) is 2. The molecule has 0 fully saturated rings. The number of carbonyl (C=O) groups is 2. The van der Waals surface area contributed by atoms with E-state index in [1.165, 1.54) is 0 Å². The van der Waals surface area contributed by atoms with Gasteiger partial charge in [-0.3, -0.25) is 9.59 Å². The molecule has 7 heteroatoms. The smallest absolute Gasteiger partial charge is 0.267 e. The monoisotopic (exact) mass is 416 g/mol. The van der Waals surface area contributed by atoms with E-state index in [1.807, 2.05) is 48.5 Å². The third-order valence-corrected chi connectivity index (χ3v) is 5.17. The van der Waals surface area contributed by atoms with Crippen molar-refractivity contribution in [2.24, 2.45) is 5.92 Å². The fourth-order valence-corrected chi connectivity index (χ4v) is 3.43. The summed E-state index contributed by atoms with van der Waals surface area (Å²) in [5, 5.41) is 13.1. The molecule has 1 heterocycles. The lowest BCUT2D eigenvalue weighted by atomic mass is 10.00. The van der Waals surface area contributed by atoms with E-state index in [4.69, 9.17) is 16.3 Å². The van der Waals surface area contributed by atoms with Gasteiger partial charge in [0.2, 0.25) is 5.91 Å². The first-order valence-electron chi connectivity index (χ1n) is 9.67. The first-order valence-corrected chi connectivity index (χ1v) is 10.0. The number of carbonyl (C=O) groups excluding carboxylic acids is 2. The summed E-state index contributed by atoms with van der Waals surface area (Å²) in [6, 6.07) is 14.7. The Morgan fingerprint density at radius 2 is 1.97 bits per heavy atom. The summed E-state index contributed by atoms with van der Waals surface area (Å²) >= 11 is 5.89. The van der Waals surface area contributed by atoms with E-state index in [1.54, 1.807) is 11.8 Å². The first-order chi connectivity index (χ1) is 14.0. The molecule has 0 bridgehead atoms. The van der Waals surface area contributed by atoms with Crippen molar-refractivity contribution < 1.29 is 19.4 Å². The zero-order valence-corrected chi connectivity index (χ0v) is 17.1. The Hall–Kier alpha value is -2.57. The summed E-state index contributed by atoms with van der Waals surface area (Å²) < 4.78 is 5.61. The van der Waals surface area contributed by atoms with Crippen LogP contribution in [0, 0.1) is 5.92 Å². The number of ether oxygens (including phenoxy) is 1. The van der Waals surface area contributed by atoms with Crippen molar-refractivity contribution in [2.75, 3.05) is 24.6 Å². The van der Waals surface area contributed by atoms with Crippen molar-refractivity contribution in [2.45, 2.75) is 25.9 Å². The van der Waals surface area contributed by atoms with Crippen LogP contribution in [0.1, 0.15) is 18.9 Å². The van der Waals surface area contributed by atoms with Gasteiger partial charge in [-0.2, -0.15) is 0 Å². The van der Waals surface area contributed by atoms with Crippen molar-refractivity contribution in [3.63, 3.8) is 0 Å². The number of fused-ring (bicyclic) bond motifs is 1. The molecule has 1 aliphatic heterocycles. The first kappa shape index (κ1) is 21.1. The van der Waals surface area contributed by atoms with Crippen molar-refractivity contribution in [1.82, 2.24) is 5.32 Å². The Bertz CT molecular complexity index is 856. The van der Waals surface area contributed by atoms with Crippen LogP contribution in [0.5, 0.6) is 5.75 Å². The second kappa shape index (κ2) is 9.76. The Morgan fingerprint density at radius 3 is 2.69 bits per heavy atom. The molecule has 0 saturated heterocycles. The zero-order valence-electron chi connectivity index (χ0n) is 16.3. The molecule has 0 radical (unpaired) electrons. The highest BCUT2D eigenvalue weighted by molar-refractivity contribution is 6.30. The van der Waals surface area contributed by atoms with E-state index in [-0.39, 0.29) is 37.3 Å². The molecule has 29 heavy (non-hydrogen) atoms. The van der Waals surface area contributed by atoms with Crippen LogP contribution in [0.3, 0.4) is 0 Å². The molecule has 0 aliphatic carbocycles. The van der Waals surface area contributed by atoms with Crippen LogP contribution < -0.4 is 15.0 Å². The SMILES string of the molecule is C[C@@H]1Oc2ccccc2N(CCC(=O)NC[C@H](CO)Cc2ccc(Cl)cc2)C1=O. The minimum Gasteiger partial charge on any atom is -0.479 e. The highest BCUT2D eigenvalue weighted by atomic mass is 35.5. The molecule has 6 nitrogen and oxygen atoms in total. The molecule has 0 unspecified atom stereocenters. The highest BCUT2D eigenvalue weighted by Gasteiger charge is 2.31. The predicted molar refractivity (Wildman–Crippen MR) is 112 cm³/mol. The summed E-state index contributed by atoms with van der Waals surface area (Å²) in [6.07, 6.45) is 0.234. The van der Waals surface area contributed by atoms with Crippen LogP contribution >= 0.6 is 11.6 Å². The number of aliphatic hydroxyl groups is 1. The maximum absolute atomic E-state index is 12.5. The van der Waals surface area contributed by atoms with Gasteiger partial charge in [-0.1, -0.05) is 35.9 Å². The van der Waals surface area contributed by atoms with E-state index in [0.717, 1.165) is 5.56 Å². The van der Waals surface area contributed by atoms with Crippen molar-refractivity contribution in [1.29, 1.82) is 0 Å². The van der Waals surface area contributed by atoms with E-state index >= 15 is 0 Å². The van der Waals surface area contributed by atoms with E-state index in [9.17, 15) is 14.7 Å². The molecular weight excluding hydrogens is 392 g/mol. The number of nitrogens with one attached hydrogen (secondary N) is 1. The van der Waals surface area contributed by atoms with Gasteiger partial charge in [-0.05, 0) is 43.2 Å². The fraction of sp³-hybridized carbons (Fsp3) is 0.364. The molecule has 2 aromatic carbocycles. The number of para-hydroxylation sites is 2. The molecule has 2 atom stereocenters. The normalized spacial score (nSPS) is 16.7. The van der Waals surface area contributed by atoms with Gasteiger partial charge in [0.25, 0.3) is 5.91 Å². The van der Waals surface area contributed by atoms with Gasteiger partial charge in [0.05, 0.1) is 5.69 Å². The van der Waals surface area contributed by atoms with Gasteiger partial charge < -0.3 is 20.1 Å². The van der Waals surface area contributed by atoms with E-state index < -0.39 is 6.10 Å². The van der Waals surface area contributed by atoms with Crippen LogP contribution in [-0.4, -0.2) is 42.7 Å². The highest BCUT2D eigenvalue weighted by Crippen LogP contribution is 2.33. The van der Waals surface area contributed by atoms with Crippen LogP contribution in [0.2, 0.25) is 5.02 Å².